The van der Waals surface area contributed by atoms with Gasteiger partial charge in [0, 0.05) is 26.3 Å². The molecule has 1 saturated heterocycles. The molecule has 0 bridgehead atoms. The maximum absolute atomic E-state index is 12.7. The fourth-order valence-electron chi connectivity index (χ4n) is 3.72. The van der Waals surface area contributed by atoms with Crippen molar-refractivity contribution in [1.29, 1.82) is 0 Å². The first-order valence-corrected chi connectivity index (χ1v) is 8.85. The van der Waals surface area contributed by atoms with Crippen LogP contribution in [0.3, 0.4) is 0 Å². The Labute approximate surface area is 169 Å². The molecule has 2 aliphatic rings. The van der Waals surface area contributed by atoms with Crippen molar-refractivity contribution in [3.8, 4) is 0 Å². The third kappa shape index (κ3) is 5.60. The van der Waals surface area contributed by atoms with Crippen molar-refractivity contribution in [1.82, 2.24) is 10.2 Å². The lowest BCUT2D eigenvalue weighted by atomic mass is 9.66. The van der Waals surface area contributed by atoms with Crippen LogP contribution >= 0.6 is 13.5 Å². The molecular weight excluding hydrogens is 368 g/mol. The molecule has 0 radical (unpaired) electrons. The van der Waals surface area contributed by atoms with Crippen molar-refractivity contribution in [2.75, 3.05) is 6.54 Å². The third-order valence-electron chi connectivity index (χ3n) is 5.37. The number of nitrogens with zero attached hydrogens (tertiary/aromatic N) is 1. The van der Waals surface area contributed by atoms with Crippen LogP contribution in [0.4, 0.5) is 0 Å². The molecule has 0 aromatic heterocycles. The van der Waals surface area contributed by atoms with E-state index in [1.807, 2.05) is 13.8 Å². The van der Waals surface area contributed by atoms with Crippen LogP contribution < -0.4 is 16.8 Å². The molecule has 0 unspecified atom stereocenters. The van der Waals surface area contributed by atoms with Crippen molar-refractivity contribution in [2.45, 2.75) is 71.9 Å². The van der Waals surface area contributed by atoms with Crippen LogP contribution in [0.1, 0.15) is 61.1 Å². The molecule has 1 aliphatic heterocycles. The molecule has 2 rings (SSSR count). The summed E-state index contributed by atoms with van der Waals surface area (Å²) < 4.78 is 5.75. The Morgan fingerprint density at radius 2 is 1.85 bits per heavy atom. The van der Waals surface area contributed by atoms with Crippen LogP contribution in [0.2, 0.25) is 0 Å². The summed E-state index contributed by atoms with van der Waals surface area (Å²) >= 11 is 0. The summed E-state index contributed by atoms with van der Waals surface area (Å²) in [7, 11) is 1.25. The minimum atomic E-state index is -0.774. The summed E-state index contributed by atoms with van der Waals surface area (Å²) in [6, 6.07) is -0.673. The summed E-state index contributed by atoms with van der Waals surface area (Å²) in [5, 5.41) is 3.01. The molecule has 27 heavy (non-hydrogen) atoms. The Morgan fingerprint density at radius 1 is 1.30 bits per heavy atom. The van der Waals surface area contributed by atoms with Gasteiger partial charge < -0.3 is 21.7 Å². The first-order valence-electron chi connectivity index (χ1n) is 9.85. The van der Waals surface area contributed by atoms with E-state index in [4.69, 9.17) is 12.8 Å². The predicted molar refractivity (Wildman–Crippen MR) is 108 cm³/mol. The first-order chi connectivity index (χ1) is 12.7. The van der Waals surface area contributed by atoms with Gasteiger partial charge in [-0.15, -0.1) is 0 Å². The van der Waals surface area contributed by atoms with Gasteiger partial charge in [0.2, 0.25) is 23.6 Å². The second-order valence-corrected chi connectivity index (χ2v) is 7.57. The molecule has 1 atom stereocenters. The quantitative estimate of drug-likeness (QED) is 0.530. The van der Waals surface area contributed by atoms with Crippen molar-refractivity contribution >= 4 is 37.1 Å². The molecule has 0 aromatic rings. The highest BCUT2D eigenvalue weighted by atomic mass is 32.1. The number of primary amides is 2. The van der Waals surface area contributed by atoms with E-state index < -0.39 is 23.3 Å². The van der Waals surface area contributed by atoms with Gasteiger partial charge in [-0.2, -0.15) is 13.5 Å². The molecule has 1 saturated carbocycles. The Kier molecular flexibility index (Phi) is 8.59. The number of β-lactam (4-membered cyclic amide) rings is 1. The first kappa shape index (κ1) is 23.3. The Morgan fingerprint density at radius 3 is 2.26 bits per heavy atom. The summed E-state index contributed by atoms with van der Waals surface area (Å²) in [4.78, 5) is 48.5. The fraction of sp³-hybridized carbons (Fsp3) is 0.778. The largest absolute Gasteiger partial charge is 0.370 e. The van der Waals surface area contributed by atoms with E-state index in [-0.39, 0.29) is 50.1 Å². The zero-order chi connectivity index (χ0) is 20.8. The van der Waals surface area contributed by atoms with E-state index in [1.54, 1.807) is 0 Å². The number of likely N-dealkylation sites (tertiary alicyclic amines) is 1. The van der Waals surface area contributed by atoms with Crippen molar-refractivity contribution < 1.29 is 20.5 Å². The smallest absolute Gasteiger partial charge is 0.240 e. The highest BCUT2D eigenvalue weighted by molar-refractivity contribution is 7.59. The van der Waals surface area contributed by atoms with E-state index in [0.29, 0.717) is 19.4 Å². The van der Waals surface area contributed by atoms with Gasteiger partial charge in [-0.3, -0.25) is 19.2 Å². The molecule has 156 valence electrons. The second-order valence-electron chi connectivity index (χ2n) is 7.57. The molecule has 4 amide bonds. The maximum atomic E-state index is 12.7. The number of hydrogen-bond donors (Lipinski definition) is 3. The normalized spacial score (nSPS) is 25.3. The van der Waals surface area contributed by atoms with E-state index in [1.165, 1.54) is 12.3 Å². The minimum Gasteiger partial charge on any atom is -0.370 e. The SMILES string of the molecule is CC(C)C(=O)NC1CCC2(CC1)CN([C@@H](CCC(N)=O)C(N)=O)C2=O.S.[2H]C. The molecule has 1 heterocycles. The number of carbonyl (C=O) groups is 4. The van der Waals surface area contributed by atoms with Gasteiger partial charge in [-0.05, 0) is 32.1 Å². The fourth-order valence-corrected chi connectivity index (χ4v) is 3.72. The lowest BCUT2D eigenvalue weighted by Gasteiger charge is -2.54. The van der Waals surface area contributed by atoms with Crippen LogP contribution in [-0.4, -0.2) is 47.2 Å². The minimum absolute atomic E-state index is 0. The number of nitrogens with two attached hydrogens (primary N) is 2. The van der Waals surface area contributed by atoms with Crippen LogP contribution in [0, 0.1) is 11.3 Å². The van der Waals surface area contributed by atoms with E-state index in [9.17, 15) is 19.2 Å². The summed E-state index contributed by atoms with van der Waals surface area (Å²) in [6.45, 7) is 4.18. The average Bonchev–Trinajstić information content (AvgIpc) is 2.63. The Bertz CT molecular complexity index is 580. The van der Waals surface area contributed by atoms with Gasteiger partial charge in [-0.25, -0.2) is 0 Å². The van der Waals surface area contributed by atoms with Gasteiger partial charge in [0.05, 0.1) is 5.41 Å². The van der Waals surface area contributed by atoms with Gasteiger partial charge in [0.1, 0.15) is 6.04 Å². The second kappa shape index (κ2) is 9.96. The van der Waals surface area contributed by atoms with E-state index >= 15 is 0 Å². The monoisotopic (exact) mass is 403 g/mol. The summed E-state index contributed by atoms with van der Waals surface area (Å²) in [5.74, 6) is -1.23. The molecule has 0 aromatic carbocycles. The molecule has 8 nitrogen and oxygen atoms in total. The number of nitrogens with one attached hydrogen (secondary N) is 1. The van der Waals surface area contributed by atoms with Crippen molar-refractivity contribution in [3.63, 3.8) is 0 Å². The van der Waals surface area contributed by atoms with Crippen LogP contribution in [-0.2, 0) is 19.2 Å². The predicted octanol–water partition coefficient (Wildman–Crippen LogP) is 0.398. The molecule has 9 heteroatoms. The van der Waals surface area contributed by atoms with E-state index in [0.717, 1.165) is 12.8 Å². The maximum Gasteiger partial charge on any atom is 0.240 e. The van der Waals surface area contributed by atoms with Crippen molar-refractivity contribution in [2.24, 2.45) is 22.8 Å². The van der Waals surface area contributed by atoms with Crippen LogP contribution in [0.5, 0.6) is 0 Å². The topological polar surface area (TPSA) is 136 Å². The van der Waals surface area contributed by atoms with Crippen molar-refractivity contribution in [3.05, 3.63) is 0 Å². The number of carbonyl (C=O) groups excluding carboxylic acids is 4. The van der Waals surface area contributed by atoms with E-state index in [2.05, 4.69) is 5.32 Å². The van der Waals surface area contributed by atoms with Crippen LogP contribution in [0.25, 0.3) is 0 Å². The highest BCUT2D eigenvalue weighted by Crippen LogP contribution is 2.46. The zero-order valence-corrected chi connectivity index (χ0v) is 17.4. The number of amides is 4. The van der Waals surface area contributed by atoms with Gasteiger partial charge in [-0.1, -0.05) is 21.3 Å². The Hall–Kier alpha value is -1.77. The highest BCUT2D eigenvalue weighted by Gasteiger charge is 2.55. The number of rotatable bonds is 7. The van der Waals surface area contributed by atoms with Gasteiger partial charge in [0.15, 0.2) is 0 Å². The molecule has 5 N–H and O–H groups in total. The summed E-state index contributed by atoms with van der Waals surface area (Å²) in [5.41, 5.74) is 10.1. The Balaban J connectivity index is 0.00000235. The van der Waals surface area contributed by atoms with Gasteiger partial charge >= 0.3 is 0 Å². The molecular formula is C18H34N4O4S. The molecule has 1 aliphatic carbocycles. The lowest BCUT2D eigenvalue weighted by molar-refractivity contribution is -0.171. The average molecular weight is 404 g/mol. The lowest BCUT2D eigenvalue weighted by Crippen LogP contribution is -2.68. The molecule has 2 fully saturated rings. The number of hydrogen-bond acceptors (Lipinski definition) is 4. The zero-order valence-electron chi connectivity index (χ0n) is 17.4. The summed E-state index contributed by atoms with van der Waals surface area (Å²) in [6.07, 6.45) is 3.06. The standard InChI is InChI=1S/C17H28N4O4.CH4.H2S/c1-10(2)15(24)20-11-5-7-17(8-6-11)9-21(16(17)25)12(14(19)23)3-4-13(18)22;;/h10-12H,3-9H2,1-2H3,(H2,18,22)(H2,19,23)(H,20,24);1H4;1H2/t11?,12-,17?;;/m0../s1/i;1D;. The van der Waals surface area contributed by atoms with Gasteiger partial charge in [0.25, 0.3) is 0 Å². The van der Waals surface area contributed by atoms with Crippen LogP contribution in [0.15, 0.2) is 0 Å². The molecule has 1 spiro atoms. The third-order valence-corrected chi connectivity index (χ3v) is 5.37.